The minimum atomic E-state index is 0.0956. The number of anilines is 1. The maximum atomic E-state index is 11.6. The maximum absolute atomic E-state index is 11.6. The predicted molar refractivity (Wildman–Crippen MR) is 74.7 cm³/mol. The summed E-state index contributed by atoms with van der Waals surface area (Å²) in [7, 11) is 0. The van der Waals surface area contributed by atoms with Crippen molar-refractivity contribution in [2.24, 2.45) is 5.92 Å². The lowest BCUT2D eigenvalue weighted by molar-refractivity contribution is -0.123. The van der Waals surface area contributed by atoms with Gasteiger partial charge in [0.1, 0.15) is 5.78 Å². The third kappa shape index (κ3) is 2.50. The van der Waals surface area contributed by atoms with E-state index in [0.717, 1.165) is 16.7 Å². The molecule has 1 aromatic rings. The normalized spacial score (nSPS) is 25.2. The Kier molecular flexibility index (Phi) is 3.79. The van der Waals surface area contributed by atoms with Gasteiger partial charge in [0, 0.05) is 35.1 Å². The molecule has 0 aromatic heterocycles. The monoisotopic (exact) mass is 315 g/mol. The number of nitrogens with zero attached hydrogens (tertiary/aromatic N) is 1. The maximum Gasteiger partial charge on any atom is 0.139 e. The summed E-state index contributed by atoms with van der Waals surface area (Å²) in [6.07, 6.45) is 0.631. The van der Waals surface area contributed by atoms with Crippen LogP contribution in [0.3, 0.4) is 0 Å². The predicted octanol–water partition coefficient (Wildman–Crippen LogP) is 3.91. The number of carbonyl (C=O) groups is 1. The van der Waals surface area contributed by atoms with Gasteiger partial charge in [-0.15, -0.1) is 0 Å². The molecule has 1 aliphatic heterocycles. The van der Waals surface area contributed by atoms with E-state index in [-0.39, 0.29) is 12.0 Å². The molecule has 4 heteroatoms. The van der Waals surface area contributed by atoms with Gasteiger partial charge in [-0.3, -0.25) is 4.79 Å². The Hall–Kier alpha value is -0.540. The van der Waals surface area contributed by atoms with E-state index >= 15 is 0 Å². The molecule has 0 amide bonds. The van der Waals surface area contributed by atoms with Gasteiger partial charge in [0.25, 0.3) is 0 Å². The van der Waals surface area contributed by atoms with Crippen molar-refractivity contribution in [1.29, 1.82) is 0 Å². The zero-order valence-corrected chi connectivity index (χ0v) is 12.3. The minimum Gasteiger partial charge on any atom is -0.368 e. The second-order valence-corrected chi connectivity index (χ2v) is 5.80. The van der Waals surface area contributed by atoms with E-state index < -0.39 is 0 Å². The lowest BCUT2D eigenvalue weighted by Crippen LogP contribution is -2.46. The average molecular weight is 317 g/mol. The number of ketones is 1. The van der Waals surface area contributed by atoms with Crippen LogP contribution in [0.25, 0.3) is 0 Å². The third-order valence-electron chi connectivity index (χ3n) is 3.56. The summed E-state index contributed by atoms with van der Waals surface area (Å²) in [4.78, 5) is 13.9. The lowest BCUT2D eigenvalue weighted by Gasteiger charge is -2.38. The van der Waals surface area contributed by atoms with E-state index in [1.165, 1.54) is 0 Å². The van der Waals surface area contributed by atoms with Crippen LogP contribution in [-0.4, -0.2) is 18.4 Å². The number of carbonyl (C=O) groups excluding carboxylic acids is 1. The highest BCUT2D eigenvalue weighted by Gasteiger charge is 2.30. The molecular weight excluding hydrogens is 302 g/mol. The van der Waals surface area contributed by atoms with Crippen LogP contribution in [-0.2, 0) is 4.79 Å². The second-order valence-electron chi connectivity index (χ2n) is 4.54. The number of hydrogen-bond acceptors (Lipinski definition) is 2. The summed E-state index contributed by atoms with van der Waals surface area (Å²) >= 11 is 9.42. The molecule has 1 aliphatic rings. The number of rotatable bonds is 1. The summed E-state index contributed by atoms with van der Waals surface area (Å²) in [6.45, 7) is 4.90. The Morgan fingerprint density at radius 3 is 2.76 bits per heavy atom. The largest absolute Gasteiger partial charge is 0.368 e. The SMILES string of the molecule is CC1C(=O)CCN(c2ccc(Cl)c(Br)c2)C1C. The van der Waals surface area contributed by atoms with Crippen LogP contribution in [0, 0.1) is 5.92 Å². The molecule has 0 spiro atoms. The number of Topliss-reactive ketones (excluding diaryl/α,β-unsaturated/α-hetero) is 1. The molecule has 1 saturated heterocycles. The van der Waals surface area contributed by atoms with E-state index in [0.29, 0.717) is 17.2 Å². The van der Waals surface area contributed by atoms with Crippen molar-refractivity contribution < 1.29 is 4.79 Å². The highest BCUT2D eigenvalue weighted by Crippen LogP contribution is 2.31. The van der Waals surface area contributed by atoms with Crippen LogP contribution in [0.4, 0.5) is 5.69 Å². The van der Waals surface area contributed by atoms with Gasteiger partial charge in [-0.2, -0.15) is 0 Å². The first kappa shape index (κ1) is 12.9. The molecule has 0 aliphatic carbocycles. The van der Waals surface area contributed by atoms with Gasteiger partial charge < -0.3 is 4.90 Å². The van der Waals surface area contributed by atoms with E-state index in [1.807, 2.05) is 25.1 Å². The Morgan fingerprint density at radius 1 is 1.41 bits per heavy atom. The van der Waals surface area contributed by atoms with Crippen molar-refractivity contribution >= 4 is 39.0 Å². The molecule has 2 atom stereocenters. The van der Waals surface area contributed by atoms with Crippen LogP contribution >= 0.6 is 27.5 Å². The Morgan fingerprint density at radius 2 is 2.12 bits per heavy atom. The van der Waals surface area contributed by atoms with E-state index in [1.54, 1.807) is 0 Å². The summed E-state index contributed by atoms with van der Waals surface area (Å²) in [5.74, 6) is 0.458. The first-order valence-electron chi connectivity index (χ1n) is 5.75. The van der Waals surface area contributed by atoms with Gasteiger partial charge >= 0.3 is 0 Å². The molecular formula is C13H15BrClNO. The fraction of sp³-hybridized carbons (Fsp3) is 0.462. The van der Waals surface area contributed by atoms with Gasteiger partial charge in [-0.25, -0.2) is 0 Å². The Bertz CT molecular complexity index is 449. The van der Waals surface area contributed by atoms with Crippen LogP contribution in [0.5, 0.6) is 0 Å². The molecule has 0 saturated carbocycles. The van der Waals surface area contributed by atoms with Crippen LogP contribution in [0.15, 0.2) is 22.7 Å². The Balaban J connectivity index is 2.27. The highest BCUT2D eigenvalue weighted by atomic mass is 79.9. The van der Waals surface area contributed by atoms with Crippen molar-refractivity contribution in [2.75, 3.05) is 11.4 Å². The molecule has 2 rings (SSSR count). The van der Waals surface area contributed by atoms with Crippen LogP contribution in [0.1, 0.15) is 20.3 Å². The summed E-state index contributed by atoms with van der Waals surface area (Å²) in [5.41, 5.74) is 1.12. The van der Waals surface area contributed by atoms with E-state index in [4.69, 9.17) is 11.6 Å². The van der Waals surface area contributed by atoms with Crippen molar-refractivity contribution in [3.05, 3.63) is 27.7 Å². The molecule has 0 N–H and O–H groups in total. The molecule has 1 heterocycles. The van der Waals surface area contributed by atoms with Crippen molar-refractivity contribution in [1.82, 2.24) is 0 Å². The van der Waals surface area contributed by atoms with Gasteiger partial charge in [0.15, 0.2) is 0 Å². The van der Waals surface area contributed by atoms with Crippen molar-refractivity contribution in [3.63, 3.8) is 0 Å². The number of halogens is 2. The molecule has 0 radical (unpaired) electrons. The standard InChI is InChI=1S/C13H15BrClNO/c1-8-9(2)16(6-5-13(8)17)10-3-4-12(15)11(14)7-10/h3-4,7-9H,5-6H2,1-2H3. The van der Waals surface area contributed by atoms with Crippen molar-refractivity contribution in [2.45, 2.75) is 26.3 Å². The van der Waals surface area contributed by atoms with Crippen LogP contribution in [0.2, 0.25) is 5.02 Å². The zero-order chi connectivity index (χ0) is 12.6. The van der Waals surface area contributed by atoms with E-state index in [9.17, 15) is 4.79 Å². The zero-order valence-electron chi connectivity index (χ0n) is 9.91. The van der Waals surface area contributed by atoms with Gasteiger partial charge in [-0.05, 0) is 41.1 Å². The molecule has 2 unspecified atom stereocenters. The summed E-state index contributed by atoms with van der Waals surface area (Å²) < 4.78 is 0.897. The topological polar surface area (TPSA) is 20.3 Å². The number of piperidine rings is 1. The van der Waals surface area contributed by atoms with Gasteiger partial charge in [-0.1, -0.05) is 18.5 Å². The molecule has 1 fully saturated rings. The molecule has 1 aromatic carbocycles. The summed E-state index contributed by atoms with van der Waals surface area (Å²) in [5, 5.41) is 0.711. The van der Waals surface area contributed by atoms with Gasteiger partial charge in [0.2, 0.25) is 0 Å². The fourth-order valence-electron chi connectivity index (χ4n) is 2.23. The fourth-order valence-corrected chi connectivity index (χ4v) is 2.71. The smallest absolute Gasteiger partial charge is 0.139 e. The summed E-state index contributed by atoms with van der Waals surface area (Å²) in [6, 6.07) is 6.15. The molecule has 92 valence electrons. The van der Waals surface area contributed by atoms with E-state index in [2.05, 4.69) is 27.8 Å². The molecule has 17 heavy (non-hydrogen) atoms. The van der Waals surface area contributed by atoms with Crippen LogP contribution < -0.4 is 4.90 Å². The number of hydrogen-bond donors (Lipinski definition) is 0. The number of benzene rings is 1. The third-order valence-corrected chi connectivity index (χ3v) is 4.77. The lowest BCUT2D eigenvalue weighted by atomic mass is 9.90. The second kappa shape index (κ2) is 4.99. The Labute approximate surface area is 115 Å². The first-order valence-corrected chi connectivity index (χ1v) is 6.92. The highest BCUT2D eigenvalue weighted by molar-refractivity contribution is 9.10. The average Bonchev–Trinajstić information content (AvgIpc) is 2.30. The molecule has 2 nitrogen and oxygen atoms in total. The van der Waals surface area contributed by atoms with Crippen molar-refractivity contribution in [3.8, 4) is 0 Å². The molecule has 0 bridgehead atoms. The van der Waals surface area contributed by atoms with Gasteiger partial charge in [0.05, 0.1) is 5.02 Å². The first-order chi connectivity index (χ1) is 8.00. The minimum absolute atomic E-state index is 0.0956. The quantitative estimate of drug-likeness (QED) is 0.783.